The van der Waals surface area contributed by atoms with Gasteiger partial charge in [-0.15, -0.1) is 0 Å². The summed E-state index contributed by atoms with van der Waals surface area (Å²) in [5.74, 6) is 1.76. The lowest BCUT2D eigenvalue weighted by molar-refractivity contribution is -0.127. The maximum absolute atomic E-state index is 12.9. The van der Waals surface area contributed by atoms with Gasteiger partial charge in [-0.2, -0.15) is 0 Å². The summed E-state index contributed by atoms with van der Waals surface area (Å²) in [6.07, 6.45) is 5.65. The third-order valence-corrected chi connectivity index (χ3v) is 4.08. The molecular formula is C16H25N3O. The molecule has 1 aliphatic heterocycles. The van der Waals surface area contributed by atoms with E-state index in [0.29, 0.717) is 0 Å². The van der Waals surface area contributed by atoms with Crippen LogP contribution in [0.4, 0.5) is 5.82 Å². The van der Waals surface area contributed by atoms with Crippen LogP contribution in [-0.4, -0.2) is 21.9 Å². The van der Waals surface area contributed by atoms with Gasteiger partial charge in [-0.1, -0.05) is 34.1 Å². The Balaban J connectivity index is 2.52. The molecule has 110 valence electrons. The molecule has 1 aromatic heterocycles. The van der Waals surface area contributed by atoms with Crippen LogP contribution in [0.3, 0.4) is 0 Å². The first-order valence-electron chi connectivity index (χ1n) is 7.57. The average Bonchev–Trinajstić information content (AvgIpc) is 2.39. The van der Waals surface area contributed by atoms with Gasteiger partial charge in [0.1, 0.15) is 11.6 Å². The fourth-order valence-electron chi connectivity index (χ4n) is 2.98. The second kappa shape index (κ2) is 5.51. The van der Waals surface area contributed by atoms with Gasteiger partial charge in [-0.25, -0.2) is 9.97 Å². The molecule has 0 saturated carbocycles. The molecule has 0 radical (unpaired) electrons. The smallest absolute Gasteiger partial charge is 0.234 e. The first-order valence-corrected chi connectivity index (χ1v) is 7.57. The van der Waals surface area contributed by atoms with Gasteiger partial charge in [0.15, 0.2) is 0 Å². The summed E-state index contributed by atoms with van der Waals surface area (Å²) in [5.41, 5.74) is 0.724. The van der Waals surface area contributed by atoms with Crippen molar-refractivity contribution in [3.63, 3.8) is 0 Å². The van der Waals surface area contributed by atoms with Crippen LogP contribution < -0.4 is 4.90 Å². The summed E-state index contributed by atoms with van der Waals surface area (Å²) in [6.45, 7) is 10.2. The Morgan fingerprint density at radius 1 is 1.40 bits per heavy atom. The van der Waals surface area contributed by atoms with E-state index < -0.39 is 0 Å². The lowest BCUT2D eigenvalue weighted by Gasteiger charge is -2.41. The average molecular weight is 275 g/mol. The number of carbonyl (C=O) groups is 1. The third-order valence-electron chi connectivity index (χ3n) is 4.08. The molecule has 0 bridgehead atoms. The van der Waals surface area contributed by atoms with E-state index in [-0.39, 0.29) is 17.4 Å². The number of anilines is 1. The van der Waals surface area contributed by atoms with Crippen molar-refractivity contribution in [3.8, 4) is 0 Å². The van der Waals surface area contributed by atoms with Crippen molar-refractivity contribution in [2.75, 3.05) is 4.90 Å². The first-order chi connectivity index (χ1) is 9.40. The molecule has 0 aliphatic carbocycles. The van der Waals surface area contributed by atoms with E-state index >= 15 is 0 Å². The van der Waals surface area contributed by atoms with E-state index in [4.69, 9.17) is 0 Å². The quantitative estimate of drug-likeness (QED) is 0.847. The van der Waals surface area contributed by atoms with Gasteiger partial charge < -0.3 is 0 Å². The Kier molecular flexibility index (Phi) is 4.11. The molecule has 0 fully saturated rings. The predicted octanol–water partition coefficient (Wildman–Crippen LogP) is 3.28. The maximum atomic E-state index is 12.9. The number of aromatic nitrogens is 2. The highest BCUT2D eigenvalue weighted by atomic mass is 16.2. The number of fused-ring (bicyclic) bond motifs is 1. The largest absolute Gasteiger partial charge is 0.293 e. The van der Waals surface area contributed by atoms with Crippen molar-refractivity contribution in [1.29, 1.82) is 0 Å². The van der Waals surface area contributed by atoms with Gasteiger partial charge in [0.05, 0.1) is 0 Å². The van der Waals surface area contributed by atoms with Crippen molar-refractivity contribution in [1.82, 2.24) is 9.97 Å². The van der Waals surface area contributed by atoms with Gasteiger partial charge in [0, 0.05) is 23.2 Å². The van der Waals surface area contributed by atoms with Crippen LogP contribution in [0.5, 0.6) is 0 Å². The van der Waals surface area contributed by atoms with E-state index in [1.807, 2.05) is 31.9 Å². The number of amides is 1. The molecular weight excluding hydrogens is 250 g/mol. The Labute approximate surface area is 121 Å². The Morgan fingerprint density at radius 2 is 2.10 bits per heavy atom. The zero-order valence-corrected chi connectivity index (χ0v) is 13.2. The van der Waals surface area contributed by atoms with Crippen LogP contribution in [0.15, 0.2) is 6.20 Å². The van der Waals surface area contributed by atoms with E-state index in [2.05, 4.69) is 23.8 Å². The number of nitrogens with zero attached hydrogens (tertiary/aromatic N) is 3. The summed E-state index contributed by atoms with van der Waals surface area (Å²) in [4.78, 5) is 23.7. The fraction of sp³-hybridized carbons (Fsp3) is 0.688. The van der Waals surface area contributed by atoms with Crippen molar-refractivity contribution in [3.05, 3.63) is 17.6 Å². The molecule has 0 N–H and O–H groups in total. The number of rotatable bonds is 4. The number of hydrogen-bond donors (Lipinski definition) is 0. The highest BCUT2D eigenvalue weighted by Gasteiger charge is 2.42. The van der Waals surface area contributed by atoms with Crippen LogP contribution in [-0.2, 0) is 11.2 Å². The summed E-state index contributed by atoms with van der Waals surface area (Å²) < 4.78 is 0. The second-order valence-corrected chi connectivity index (χ2v) is 6.35. The molecule has 4 nitrogen and oxygen atoms in total. The minimum Gasteiger partial charge on any atom is -0.293 e. The molecule has 1 unspecified atom stereocenters. The monoisotopic (exact) mass is 275 g/mol. The van der Waals surface area contributed by atoms with Crippen molar-refractivity contribution >= 4 is 11.7 Å². The molecule has 20 heavy (non-hydrogen) atoms. The van der Waals surface area contributed by atoms with Crippen LogP contribution >= 0.6 is 0 Å². The predicted molar refractivity (Wildman–Crippen MR) is 80.7 cm³/mol. The molecule has 0 saturated heterocycles. The molecule has 2 rings (SSSR count). The molecule has 1 aromatic rings. The van der Waals surface area contributed by atoms with E-state index in [0.717, 1.165) is 42.9 Å². The van der Waals surface area contributed by atoms with Crippen LogP contribution in [0, 0.1) is 12.3 Å². The van der Waals surface area contributed by atoms with E-state index in [1.165, 1.54) is 0 Å². The summed E-state index contributed by atoms with van der Waals surface area (Å²) in [5, 5.41) is 0. The Morgan fingerprint density at radius 3 is 2.70 bits per heavy atom. The lowest BCUT2D eigenvalue weighted by Crippen LogP contribution is -2.51. The van der Waals surface area contributed by atoms with E-state index in [9.17, 15) is 4.79 Å². The highest BCUT2D eigenvalue weighted by molar-refractivity contribution is 5.99. The van der Waals surface area contributed by atoms with Gasteiger partial charge >= 0.3 is 0 Å². The minimum atomic E-state index is -0.368. The van der Waals surface area contributed by atoms with Crippen molar-refractivity contribution in [2.45, 2.75) is 66.3 Å². The zero-order chi connectivity index (χ0) is 14.9. The van der Waals surface area contributed by atoms with E-state index in [1.54, 1.807) is 0 Å². The fourth-order valence-corrected chi connectivity index (χ4v) is 2.98. The zero-order valence-electron chi connectivity index (χ0n) is 13.2. The van der Waals surface area contributed by atoms with Crippen molar-refractivity contribution < 1.29 is 4.79 Å². The molecule has 0 spiro atoms. The maximum Gasteiger partial charge on any atom is 0.234 e. The van der Waals surface area contributed by atoms with Crippen molar-refractivity contribution in [2.24, 2.45) is 5.41 Å². The van der Waals surface area contributed by atoms with Gasteiger partial charge in [0.2, 0.25) is 5.91 Å². The molecule has 1 aliphatic rings. The first kappa shape index (κ1) is 14.9. The normalized spacial score (nSPS) is 18.9. The Bertz CT molecular complexity index is 510. The number of aryl methyl sites for hydroxylation is 1. The SMILES string of the molecule is CCCC(CC)N1C(=O)C(C)(C)Cc2cnc(C)nc21. The molecule has 1 atom stereocenters. The topological polar surface area (TPSA) is 46.1 Å². The molecule has 2 heterocycles. The molecule has 4 heteroatoms. The second-order valence-electron chi connectivity index (χ2n) is 6.35. The molecule has 0 aromatic carbocycles. The standard InChI is InChI=1S/C16H25N3O/c1-6-8-13(7-2)19-14-12(10-17-11(3)18-14)9-16(4,5)15(19)20/h10,13H,6-9H2,1-5H3. The third kappa shape index (κ3) is 2.56. The summed E-state index contributed by atoms with van der Waals surface area (Å²) in [6, 6.07) is 0.236. The van der Waals surface area contributed by atoms with Gasteiger partial charge in [-0.3, -0.25) is 9.69 Å². The summed E-state index contributed by atoms with van der Waals surface area (Å²) >= 11 is 0. The summed E-state index contributed by atoms with van der Waals surface area (Å²) in [7, 11) is 0. The highest BCUT2D eigenvalue weighted by Crippen LogP contribution is 2.38. The van der Waals surface area contributed by atoms with Gasteiger partial charge in [0.25, 0.3) is 0 Å². The number of hydrogen-bond acceptors (Lipinski definition) is 3. The van der Waals surface area contributed by atoms with Gasteiger partial charge in [-0.05, 0) is 26.2 Å². The van der Waals surface area contributed by atoms with Crippen LogP contribution in [0.25, 0.3) is 0 Å². The van der Waals surface area contributed by atoms with Crippen LogP contribution in [0.2, 0.25) is 0 Å². The van der Waals surface area contributed by atoms with Crippen LogP contribution in [0.1, 0.15) is 58.3 Å². The molecule has 1 amide bonds. The number of carbonyl (C=O) groups excluding carboxylic acids is 1. The minimum absolute atomic E-state index is 0.198. The Hall–Kier alpha value is -1.45. The lowest BCUT2D eigenvalue weighted by atomic mass is 9.80.